The summed E-state index contributed by atoms with van der Waals surface area (Å²) in [6.07, 6.45) is 2.10. The number of aryl methyl sites for hydroxylation is 1. The summed E-state index contributed by atoms with van der Waals surface area (Å²) < 4.78 is 39.9. The molecule has 7 heteroatoms. The van der Waals surface area contributed by atoms with Gasteiger partial charge in [0.1, 0.15) is 11.9 Å². The van der Waals surface area contributed by atoms with Crippen LogP contribution in [0.5, 0.6) is 0 Å². The van der Waals surface area contributed by atoms with Gasteiger partial charge in [0.25, 0.3) is 0 Å². The van der Waals surface area contributed by atoms with Crippen molar-refractivity contribution in [2.75, 3.05) is 10.6 Å². The molecular formula is C21H27FN2O3S. The van der Waals surface area contributed by atoms with Gasteiger partial charge in [0, 0.05) is 0 Å². The topological polar surface area (TPSA) is 66.5 Å². The lowest BCUT2D eigenvalue weighted by Crippen LogP contribution is -2.50. The normalized spacial score (nSPS) is 13.6. The number of amides is 1. The fourth-order valence-corrected chi connectivity index (χ4v) is 4.31. The van der Waals surface area contributed by atoms with Crippen LogP contribution in [0.2, 0.25) is 0 Å². The van der Waals surface area contributed by atoms with E-state index >= 15 is 0 Å². The number of hydrogen-bond acceptors (Lipinski definition) is 3. The highest BCUT2D eigenvalue weighted by Gasteiger charge is 2.33. The van der Waals surface area contributed by atoms with Crippen LogP contribution in [-0.4, -0.2) is 26.6 Å². The SMILES string of the molecule is CCc1ccc([C@@H](C)NC(=O)[C@@H](CC)N(c2ccccc2F)S(C)(=O)=O)cc1. The molecule has 0 spiro atoms. The summed E-state index contributed by atoms with van der Waals surface area (Å²) in [6.45, 7) is 5.60. The first kappa shape index (κ1) is 21.9. The van der Waals surface area contributed by atoms with Crippen molar-refractivity contribution in [2.45, 2.75) is 45.7 Å². The van der Waals surface area contributed by atoms with E-state index in [1.807, 2.05) is 31.2 Å². The monoisotopic (exact) mass is 406 g/mol. The molecule has 0 fully saturated rings. The maximum absolute atomic E-state index is 14.3. The Morgan fingerprint density at radius 1 is 1.11 bits per heavy atom. The summed E-state index contributed by atoms with van der Waals surface area (Å²) in [5, 5.41) is 2.86. The van der Waals surface area contributed by atoms with Gasteiger partial charge in [-0.05, 0) is 43.0 Å². The Bertz CT molecular complexity index is 914. The van der Waals surface area contributed by atoms with E-state index in [1.54, 1.807) is 13.0 Å². The van der Waals surface area contributed by atoms with Crippen molar-refractivity contribution in [3.8, 4) is 0 Å². The maximum Gasteiger partial charge on any atom is 0.244 e. The molecule has 0 unspecified atom stereocenters. The smallest absolute Gasteiger partial charge is 0.244 e. The molecule has 2 atom stereocenters. The summed E-state index contributed by atoms with van der Waals surface area (Å²) in [5.74, 6) is -1.16. The highest BCUT2D eigenvalue weighted by Crippen LogP contribution is 2.26. The average Bonchev–Trinajstić information content (AvgIpc) is 2.65. The number of hydrogen-bond donors (Lipinski definition) is 1. The van der Waals surface area contributed by atoms with E-state index in [0.717, 1.165) is 22.5 Å². The standard InChI is InChI=1S/C21H27FN2O3S/c1-5-16-11-13-17(14-12-16)15(3)23-21(25)19(6-2)24(28(4,26)27)20-10-8-7-9-18(20)22/h7-15,19H,5-6H2,1-4H3,(H,23,25)/t15-,19-/m1/s1. The Kier molecular flexibility index (Phi) is 7.18. The highest BCUT2D eigenvalue weighted by atomic mass is 32.2. The van der Waals surface area contributed by atoms with Gasteiger partial charge in [-0.1, -0.05) is 50.2 Å². The summed E-state index contributed by atoms with van der Waals surface area (Å²) in [7, 11) is -3.87. The zero-order chi connectivity index (χ0) is 20.9. The molecule has 1 N–H and O–H groups in total. The second-order valence-corrected chi connectivity index (χ2v) is 8.62. The minimum absolute atomic E-state index is 0.132. The summed E-state index contributed by atoms with van der Waals surface area (Å²) in [5.41, 5.74) is 1.97. The van der Waals surface area contributed by atoms with Crippen molar-refractivity contribution >= 4 is 21.6 Å². The van der Waals surface area contributed by atoms with E-state index in [-0.39, 0.29) is 18.2 Å². The average molecular weight is 407 g/mol. The maximum atomic E-state index is 14.3. The molecule has 1 amide bonds. The van der Waals surface area contributed by atoms with Crippen LogP contribution < -0.4 is 9.62 Å². The van der Waals surface area contributed by atoms with Crippen LogP contribution in [0, 0.1) is 5.82 Å². The van der Waals surface area contributed by atoms with Gasteiger partial charge >= 0.3 is 0 Å². The molecule has 28 heavy (non-hydrogen) atoms. The van der Waals surface area contributed by atoms with E-state index in [1.165, 1.54) is 23.8 Å². The zero-order valence-corrected chi connectivity index (χ0v) is 17.5. The Morgan fingerprint density at radius 2 is 1.71 bits per heavy atom. The predicted octanol–water partition coefficient (Wildman–Crippen LogP) is 3.81. The molecule has 0 saturated carbocycles. The van der Waals surface area contributed by atoms with Crippen molar-refractivity contribution in [2.24, 2.45) is 0 Å². The second-order valence-electron chi connectivity index (χ2n) is 6.76. The molecule has 2 aromatic carbocycles. The molecule has 152 valence electrons. The molecule has 0 bridgehead atoms. The lowest BCUT2D eigenvalue weighted by molar-refractivity contribution is -0.122. The van der Waals surface area contributed by atoms with Gasteiger partial charge in [0.15, 0.2) is 0 Å². The predicted molar refractivity (Wildman–Crippen MR) is 110 cm³/mol. The number of carbonyl (C=O) groups excluding carboxylic acids is 1. The Balaban J connectivity index is 2.29. The van der Waals surface area contributed by atoms with Crippen LogP contribution in [0.1, 0.15) is 44.4 Å². The molecule has 0 aliphatic carbocycles. The minimum atomic E-state index is -3.87. The fraction of sp³-hybridized carbons (Fsp3) is 0.381. The number of benzene rings is 2. The number of rotatable bonds is 8. The molecule has 0 aliphatic heterocycles. The van der Waals surface area contributed by atoms with Gasteiger partial charge in [-0.2, -0.15) is 0 Å². The van der Waals surface area contributed by atoms with Crippen LogP contribution in [0.25, 0.3) is 0 Å². The van der Waals surface area contributed by atoms with Crippen LogP contribution in [-0.2, 0) is 21.2 Å². The number of nitrogens with one attached hydrogen (secondary N) is 1. The number of sulfonamides is 1. The van der Waals surface area contributed by atoms with Crippen LogP contribution in [0.15, 0.2) is 48.5 Å². The Hall–Kier alpha value is -2.41. The van der Waals surface area contributed by atoms with Crippen LogP contribution >= 0.6 is 0 Å². The van der Waals surface area contributed by atoms with Crippen molar-refractivity contribution in [3.63, 3.8) is 0 Å². The van der Waals surface area contributed by atoms with Gasteiger partial charge in [-0.3, -0.25) is 9.10 Å². The number of anilines is 1. The quantitative estimate of drug-likeness (QED) is 0.725. The third-order valence-corrected chi connectivity index (χ3v) is 5.83. The minimum Gasteiger partial charge on any atom is -0.348 e. The van der Waals surface area contributed by atoms with E-state index in [4.69, 9.17) is 0 Å². The fourth-order valence-electron chi connectivity index (χ4n) is 3.10. The molecule has 5 nitrogen and oxygen atoms in total. The molecule has 0 heterocycles. The first-order valence-electron chi connectivity index (χ1n) is 9.32. The Morgan fingerprint density at radius 3 is 2.21 bits per heavy atom. The van der Waals surface area contributed by atoms with Crippen molar-refractivity contribution in [1.29, 1.82) is 0 Å². The Labute approximate surface area is 166 Å². The zero-order valence-electron chi connectivity index (χ0n) is 16.6. The lowest BCUT2D eigenvalue weighted by atomic mass is 10.0. The molecule has 2 aromatic rings. The third kappa shape index (κ3) is 5.10. The van der Waals surface area contributed by atoms with E-state index in [9.17, 15) is 17.6 Å². The van der Waals surface area contributed by atoms with Gasteiger partial charge in [-0.15, -0.1) is 0 Å². The largest absolute Gasteiger partial charge is 0.348 e. The summed E-state index contributed by atoms with van der Waals surface area (Å²) >= 11 is 0. The van der Waals surface area contributed by atoms with Crippen molar-refractivity contribution < 1.29 is 17.6 Å². The first-order chi connectivity index (χ1) is 13.2. The van der Waals surface area contributed by atoms with Gasteiger partial charge in [-0.25, -0.2) is 12.8 Å². The lowest BCUT2D eigenvalue weighted by Gasteiger charge is -2.31. The van der Waals surface area contributed by atoms with Crippen molar-refractivity contribution in [3.05, 3.63) is 65.5 Å². The van der Waals surface area contributed by atoms with Gasteiger partial charge in [0.05, 0.1) is 18.0 Å². The number of carbonyl (C=O) groups is 1. The molecule has 0 aliphatic rings. The molecule has 0 radical (unpaired) electrons. The van der Waals surface area contributed by atoms with Crippen LogP contribution in [0.3, 0.4) is 0 Å². The van der Waals surface area contributed by atoms with Crippen molar-refractivity contribution in [1.82, 2.24) is 5.32 Å². The number of halogens is 1. The van der Waals surface area contributed by atoms with Crippen LogP contribution in [0.4, 0.5) is 10.1 Å². The number of para-hydroxylation sites is 1. The second kappa shape index (κ2) is 9.19. The van der Waals surface area contributed by atoms with E-state index < -0.39 is 27.8 Å². The molecular weight excluding hydrogens is 379 g/mol. The summed E-state index contributed by atoms with van der Waals surface area (Å²) in [6, 6.07) is 12.1. The number of nitrogens with zero attached hydrogens (tertiary/aromatic N) is 1. The van der Waals surface area contributed by atoms with Gasteiger partial charge < -0.3 is 5.32 Å². The third-order valence-electron chi connectivity index (χ3n) is 4.67. The highest BCUT2D eigenvalue weighted by molar-refractivity contribution is 7.92. The molecule has 2 rings (SSSR count). The van der Waals surface area contributed by atoms with E-state index in [2.05, 4.69) is 12.2 Å². The van der Waals surface area contributed by atoms with Gasteiger partial charge in [0.2, 0.25) is 15.9 Å². The summed E-state index contributed by atoms with van der Waals surface area (Å²) in [4.78, 5) is 12.9. The molecule has 0 aromatic heterocycles. The van der Waals surface area contributed by atoms with E-state index in [0.29, 0.717) is 0 Å². The molecule has 0 saturated heterocycles. The first-order valence-corrected chi connectivity index (χ1v) is 11.2.